The highest BCUT2D eigenvalue weighted by Gasteiger charge is 2.55. The number of aliphatic hydroxyl groups is 1. The Labute approximate surface area is 235 Å². The van der Waals surface area contributed by atoms with Crippen LogP contribution in [-0.2, 0) is 11.2 Å². The number of nitrogens with zero attached hydrogens (tertiary/aromatic N) is 4. The van der Waals surface area contributed by atoms with Crippen LogP contribution in [0.3, 0.4) is 0 Å². The molecule has 7 rings (SSSR count). The van der Waals surface area contributed by atoms with Gasteiger partial charge in [0.25, 0.3) is 0 Å². The number of halogens is 1. The maximum atomic E-state index is 15.7. The number of amides is 1. The molecule has 1 N–H and O–H groups in total. The van der Waals surface area contributed by atoms with Gasteiger partial charge in [0.1, 0.15) is 28.9 Å². The first kappa shape index (κ1) is 27.0. The van der Waals surface area contributed by atoms with E-state index in [1.165, 1.54) is 6.07 Å². The topological polar surface area (TPSA) is 89.7 Å². The van der Waals surface area contributed by atoms with E-state index in [1.807, 2.05) is 20.8 Å². The Morgan fingerprint density at radius 1 is 1.25 bits per heavy atom. The Morgan fingerprint density at radius 3 is 2.60 bits per heavy atom. The molecule has 7 nitrogen and oxygen atoms in total. The molecule has 8 heteroatoms. The molecule has 1 spiro atoms. The normalized spacial score (nSPS) is 24.6. The van der Waals surface area contributed by atoms with Crippen molar-refractivity contribution in [1.82, 2.24) is 9.88 Å². The van der Waals surface area contributed by atoms with Crippen molar-refractivity contribution < 1.29 is 19.0 Å². The number of benzene rings is 1. The summed E-state index contributed by atoms with van der Waals surface area (Å²) >= 11 is 0. The van der Waals surface area contributed by atoms with Crippen molar-refractivity contribution in [3.8, 4) is 17.2 Å². The second-order valence-electron chi connectivity index (χ2n) is 14.1. The zero-order valence-electron chi connectivity index (χ0n) is 24.3. The highest BCUT2D eigenvalue weighted by Crippen LogP contribution is 2.63. The summed E-state index contributed by atoms with van der Waals surface area (Å²) in [5.74, 6) is 0.868. The van der Waals surface area contributed by atoms with Crippen LogP contribution < -0.4 is 4.90 Å². The summed E-state index contributed by atoms with van der Waals surface area (Å²) in [5, 5.41) is 21.2. The second-order valence-corrected chi connectivity index (χ2v) is 14.1. The van der Waals surface area contributed by atoms with Crippen molar-refractivity contribution >= 4 is 11.9 Å². The SMILES string of the molecule is C[C@H](O)c1cccc(F)c1-c1c(C#N)c(N2CCC3(CN(C(=O)OC(C)(C)C)C3)C2)nc2c1C[C@H]1C[C@@H]2C1(C)C. The molecule has 5 aliphatic rings. The van der Waals surface area contributed by atoms with Crippen LogP contribution in [0.2, 0.25) is 0 Å². The van der Waals surface area contributed by atoms with Gasteiger partial charge in [0.2, 0.25) is 0 Å². The summed E-state index contributed by atoms with van der Waals surface area (Å²) in [5.41, 5.74) is 3.20. The zero-order chi connectivity index (χ0) is 28.8. The predicted molar refractivity (Wildman–Crippen MR) is 150 cm³/mol. The number of carbonyl (C=O) groups is 1. The van der Waals surface area contributed by atoms with Crippen molar-refractivity contribution in [2.24, 2.45) is 16.7 Å². The van der Waals surface area contributed by atoms with Gasteiger partial charge in [-0.05, 0) is 75.5 Å². The smallest absolute Gasteiger partial charge is 0.410 e. The summed E-state index contributed by atoms with van der Waals surface area (Å²) in [7, 11) is 0. The monoisotopic (exact) mass is 546 g/mol. The Balaban J connectivity index is 1.42. The third kappa shape index (κ3) is 4.08. The van der Waals surface area contributed by atoms with E-state index in [4.69, 9.17) is 9.72 Å². The third-order valence-corrected chi connectivity index (χ3v) is 9.86. The standard InChI is InChI=1S/C32H39FN4O3/c1-18(38)20-8-7-9-24(33)26(20)25-21-12-19-13-23(31(19,5)6)27(21)35-28(22(25)14-34)36-11-10-32(15-36)16-37(17-32)29(39)40-30(2,3)4/h7-9,18-19,23,38H,10-13,15-17H2,1-6H3/t18-,19-,23-/m0/s1. The van der Waals surface area contributed by atoms with Crippen molar-refractivity contribution in [3.05, 3.63) is 46.4 Å². The number of aromatic nitrogens is 1. The summed E-state index contributed by atoms with van der Waals surface area (Å²) in [6.07, 6.45) is 1.49. The fourth-order valence-electron chi connectivity index (χ4n) is 7.55. The van der Waals surface area contributed by atoms with E-state index in [0.717, 1.165) is 30.5 Å². The number of rotatable bonds is 3. The molecule has 3 atom stereocenters. The van der Waals surface area contributed by atoms with Crippen LogP contribution in [0.1, 0.15) is 88.8 Å². The number of pyridine rings is 1. The molecule has 3 fully saturated rings. The first-order valence-electron chi connectivity index (χ1n) is 14.4. The van der Waals surface area contributed by atoms with Crippen LogP contribution in [-0.4, -0.2) is 52.9 Å². The quantitative estimate of drug-likeness (QED) is 0.512. The number of carbonyl (C=O) groups excluding carboxylic acids is 1. The first-order chi connectivity index (χ1) is 18.7. The molecule has 1 aromatic heterocycles. The minimum absolute atomic E-state index is 0.0784. The predicted octanol–water partition coefficient (Wildman–Crippen LogP) is 5.95. The molecule has 2 saturated heterocycles. The summed E-state index contributed by atoms with van der Waals surface area (Å²) in [6, 6.07) is 7.18. The molecule has 3 aliphatic carbocycles. The highest BCUT2D eigenvalue weighted by molar-refractivity contribution is 5.83. The maximum absolute atomic E-state index is 15.7. The van der Waals surface area contributed by atoms with E-state index in [0.29, 0.717) is 60.2 Å². The lowest BCUT2D eigenvalue weighted by Crippen LogP contribution is -2.60. The lowest BCUT2D eigenvalue weighted by molar-refractivity contribution is -0.0266. The third-order valence-electron chi connectivity index (χ3n) is 9.86. The van der Waals surface area contributed by atoms with Crippen molar-refractivity contribution in [3.63, 3.8) is 0 Å². The molecule has 2 bridgehead atoms. The first-order valence-corrected chi connectivity index (χ1v) is 14.4. The van der Waals surface area contributed by atoms with E-state index >= 15 is 4.39 Å². The van der Waals surface area contributed by atoms with Crippen LogP contribution in [0.15, 0.2) is 18.2 Å². The molecular weight excluding hydrogens is 507 g/mol. The second kappa shape index (κ2) is 8.91. The zero-order valence-corrected chi connectivity index (χ0v) is 24.3. The average Bonchev–Trinajstić information content (AvgIpc) is 3.31. The molecule has 1 saturated carbocycles. The number of aliphatic hydroxyl groups excluding tert-OH is 1. The van der Waals surface area contributed by atoms with Gasteiger partial charge in [0.05, 0.1) is 11.8 Å². The molecule has 1 aromatic carbocycles. The number of likely N-dealkylation sites (tertiary alicyclic amines) is 1. The Kier molecular flexibility index (Phi) is 6.02. The van der Waals surface area contributed by atoms with Crippen LogP contribution in [0.4, 0.5) is 15.0 Å². The van der Waals surface area contributed by atoms with Crippen LogP contribution >= 0.6 is 0 Å². The molecule has 40 heavy (non-hydrogen) atoms. The average molecular weight is 547 g/mol. The van der Waals surface area contributed by atoms with E-state index in [2.05, 4.69) is 24.8 Å². The Morgan fingerprint density at radius 2 is 1.98 bits per heavy atom. The molecule has 0 radical (unpaired) electrons. The number of anilines is 1. The van der Waals surface area contributed by atoms with Gasteiger partial charge < -0.3 is 19.6 Å². The van der Waals surface area contributed by atoms with Gasteiger partial charge in [-0.25, -0.2) is 14.2 Å². The largest absolute Gasteiger partial charge is 0.444 e. The van der Waals surface area contributed by atoms with E-state index in [1.54, 1.807) is 24.0 Å². The van der Waals surface area contributed by atoms with Gasteiger partial charge in [0, 0.05) is 48.6 Å². The minimum atomic E-state index is -0.886. The van der Waals surface area contributed by atoms with Gasteiger partial charge >= 0.3 is 6.09 Å². The van der Waals surface area contributed by atoms with E-state index in [-0.39, 0.29) is 22.8 Å². The molecule has 2 aliphatic heterocycles. The molecule has 0 unspecified atom stereocenters. The number of nitriles is 1. The van der Waals surface area contributed by atoms with E-state index < -0.39 is 17.5 Å². The summed E-state index contributed by atoms with van der Waals surface area (Å²) in [4.78, 5) is 21.7. The van der Waals surface area contributed by atoms with Gasteiger partial charge in [-0.1, -0.05) is 26.0 Å². The maximum Gasteiger partial charge on any atom is 0.410 e. The van der Waals surface area contributed by atoms with Crippen molar-refractivity contribution in [2.45, 2.75) is 78.4 Å². The van der Waals surface area contributed by atoms with Crippen molar-refractivity contribution in [1.29, 1.82) is 5.26 Å². The van der Waals surface area contributed by atoms with Crippen LogP contribution in [0.5, 0.6) is 0 Å². The molecule has 2 aromatic rings. The van der Waals surface area contributed by atoms with Gasteiger partial charge in [-0.15, -0.1) is 0 Å². The van der Waals surface area contributed by atoms with Crippen molar-refractivity contribution in [2.75, 3.05) is 31.1 Å². The van der Waals surface area contributed by atoms with Gasteiger partial charge in [-0.2, -0.15) is 5.26 Å². The van der Waals surface area contributed by atoms with Crippen LogP contribution in [0.25, 0.3) is 11.1 Å². The Bertz CT molecular complexity index is 1430. The number of hydrogen-bond acceptors (Lipinski definition) is 6. The van der Waals surface area contributed by atoms with Gasteiger partial charge in [0.15, 0.2) is 0 Å². The molecule has 212 valence electrons. The fourth-order valence-corrected chi connectivity index (χ4v) is 7.55. The number of hydrogen-bond donors (Lipinski definition) is 1. The van der Waals surface area contributed by atoms with Gasteiger partial charge in [-0.3, -0.25) is 0 Å². The highest BCUT2D eigenvalue weighted by atomic mass is 19.1. The summed E-state index contributed by atoms with van der Waals surface area (Å²) in [6.45, 7) is 14.4. The lowest BCUT2D eigenvalue weighted by atomic mass is 9.48. The molecular formula is C32H39FN4O3. The van der Waals surface area contributed by atoms with E-state index in [9.17, 15) is 15.2 Å². The number of ether oxygens (including phenoxy) is 1. The summed E-state index contributed by atoms with van der Waals surface area (Å²) < 4.78 is 21.2. The lowest BCUT2D eigenvalue weighted by Gasteiger charge is -2.57. The molecule has 3 heterocycles. The Hall–Kier alpha value is -3.18. The fraction of sp³-hybridized carbons (Fsp3) is 0.594. The minimum Gasteiger partial charge on any atom is -0.444 e. The van der Waals surface area contributed by atoms with Crippen LogP contribution in [0, 0.1) is 33.9 Å². The molecule has 1 amide bonds.